The van der Waals surface area contributed by atoms with Crippen molar-refractivity contribution in [3.63, 3.8) is 0 Å². The molecular formula is C40H51N11O11. The maximum Gasteiger partial charge on any atom is 0.328 e. The number of carboxylic acids is 1. The first-order valence-electron chi connectivity index (χ1n) is 19.4. The lowest BCUT2D eigenvalue weighted by Crippen LogP contribution is -2.62. The first-order chi connectivity index (χ1) is 29.5. The second kappa shape index (κ2) is 22.4. The van der Waals surface area contributed by atoms with Crippen molar-refractivity contribution in [1.82, 2.24) is 46.9 Å². The Morgan fingerprint density at radius 1 is 0.694 bits per heavy atom. The van der Waals surface area contributed by atoms with E-state index in [-0.39, 0.29) is 19.3 Å². The average Bonchev–Trinajstić information content (AvgIpc) is 3.90. The number of aliphatic hydroxyl groups excluding tert-OH is 2. The Morgan fingerprint density at radius 3 is 1.92 bits per heavy atom. The van der Waals surface area contributed by atoms with Gasteiger partial charge in [0.25, 0.3) is 0 Å². The molecule has 2 heterocycles. The van der Waals surface area contributed by atoms with E-state index in [0.717, 1.165) is 10.9 Å². The monoisotopic (exact) mass is 861 g/mol. The number of hydrogen-bond acceptors (Lipinski definition) is 12. The number of nitrogens with zero attached hydrogens (tertiary/aromatic N) is 1. The molecule has 22 nitrogen and oxygen atoms in total. The van der Waals surface area contributed by atoms with Crippen molar-refractivity contribution in [2.24, 2.45) is 11.5 Å². The van der Waals surface area contributed by atoms with Gasteiger partial charge < -0.3 is 68.7 Å². The van der Waals surface area contributed by atoms with Crippen molar-refractivity contribution in [2.45, 2.75) is 87.9 Å². The topological polar surface area (TPSA) is 366 Å². The number of fused-ring (bicyclic) bond motifs is 1. The van der Waals surface area contributed by atoms with E-state index in [4.69, 9.17) is 11.5 Å². The van der Waals surface area contributed by atoms with Gasteiger partial charge in [-0.15, -0.1) is 0 Å². The number of aliphatic carboxylic acids is 1. The number of rotatable bonds is 23. The minimum atomic E-state index is -1.78. The fraction of sp³-hybridized carbons (Fsp3) is 0.375. The lowest BCUT2D eigenvalue weighted by Gasteiger charge is -2.28. The fourth-order valence-electron chi connectivity index (χ4n) is 6.26. The van der Waals surface area contributed by atoms with Crippen molar-refractivity contribution in [3.8, 4) is 0 Å². The predicted octanol–water partition coefficient (Wildman–Crippen LogP) is -3.49. The summed E-state index contributed by atoms with van der Waals surface area (Å²) in [5.41, 5.74) is 13.8. The number of hydrogen-bond donors (Lipinski definition) is 13. The Bertz CT molecular complexity index is 2200. The van der Waals surface area contributed by atoms with Crippen molar-refractivity contribution in [2.75, 3.05) is 6.61 Å². The number of carbonyl (C=O) groups is 8. The van der Waals surface area contributed by atoms with Crippen LogP contribution in [-0.4, -0.2) is 133 Å². The molecule has 0 bridgehead atoms. The molecule has 22 heteroatoms. The van der Waals surface area contributed by atoms with E-state index >= 15 is 0 Å². The average molecular weight is 862 g/mol. The number of aromatic nitrogens is 3. The molecule has 15 N–H and O–H groups in total. The summed E-state index contributed by atoms with van der Waals surface area (Å²) >= 11 is 0. The number of para-hydroxylation sites is 1. The minimum Gasteiger partial charge on any atom is -0.480 e. The zero-order valence-corrected chi connectivity index (χ0v) is 33.8. The Kier molecular flexibility index (Phi) is 17.2. The first-order valence-corrected chi connectivity index (χ1v) is 19.4. The molecule has 0 unspecified atom stereocenters. The van der Waals surface area contributed by atoms with Crippen molar-refractivity contribution < 1.29 is 53.7 Å². The van der Waals surface area contributed by atoms with Crippen molar-refractivity contribution >= 4 is 58.2 Å². The lowest BCUT2D eigenvalue weighted by atomic mass is 10.0. The Hall–Kier alpha value is -7.17. The lowest BCUT2D eigenvalue weighted by molar-refractivity contribution is -0.143. The molecule has 0 saturated carbocycles. The summed E-state index contributed by atoms with van der Waals surface area (Å²) in [6, 6.07) is 4.96. The van der Waals surface area contributed by atoms with Crippen LogP contribution in [0, 0.1) is 0 Å². The summed E-state index contributed by atoms with van der Waals surface area (Å²) in [6.45, 7) is 1.57. The highest BCUT2D eigenvalue weighted by Gasteiger charge is 2.35. The summed E-state index contributed by atoms with van der Waals surface area (Å²) in [5, 5.41) is 44.6. The van der Waals surface area contributed by atoms with Gasteiger partial charge in [0.1, 0.15) is 36.3 Å². The van der Waals surface area contributed by atoms with Crippen LogP contribution in [0.15, 0.2) is 73.3 Å². The van der Waals surface area contributed by atoms with E-state index in [1.54, 1.807) is 60.8 Å². The summed E-state index contributed by atoms with van der Waals surface area (Å²) in [5.74, 6) is -8.32. The second-order valence-electron chi connectivity index (χ2n) is 14.5. The fourth-order valence-corrected chi connectivity index (χ4v) is 6.26. The van der Waals surface area contributed by atoms with Crippen LogP contribution in [0.4, 0.5) is 0 Å². The van der Waals surface area contributed by atoms with Crippen LogP contribution in [0.5, 0.6) is 0 Å². The third-order valence-electron chi connectivity index (χ3n) is 9.63. The third kappa shape index (κ3) is 13.7. The zero-order valence-electron chi connectivity index (χ0n) is 33.8. The molecule has 2 aromatic heterocycles. The Morgan fingerprint density at radius 2 is 1.29 bits per heavy atom. The highest BCUT2D eigenvalue weighted by Crippen LogP contribution is 2.19. The number of carboxylic acid groups (broad SMARTS) is 1. The summed E-state index contributed by atoms with van der Waals surface area (Å²) in [4.78, 5) is 114. The van der Waals surface area contributed by atoms with Gasteiger partial charge in [-0.05, 0) is 31.0 Å². The first kappa shape index (κ1) is 47.5. The SMILES string of the molecule is C[C@H](NC(=O)[C@@H](N)Cc1cnc[nH]1)C(=O)N[C@@H](Cc1c[nH]c2ccccc12)C(=O)N[C@H](C(=O)N[C@@H](Cc1ccccc1)C(=O)N[C@@H](CC(N)=O)C(=O)N[C@@H](CO)C(=O)O)[C@@H](C)O. The number of nitrogens with two attached hydrogens (primary N) is 2. The van der Waals surface area contributed by atoms with Crippen LogP contribution in [0.2, 0.25) is 0 Å². The van der Waals surface area contributed by atoms with Crippen molar-refractivity contribution in [1.29, 1.82) is 0 Å². The van der Waals surface area contributed by atoms with Crippen LogP contribution in [0.3, 0.4) is 0 Å². The van der Waals surface area contributed by atoms with Gasteiger partial charge in [0.15, 0.2) is 0 Å². The van der Waals surface area contributed by atoms with E-state index in [0.29, 0.717) is 16.8 Å². The molecule has 0 aliphatic heterocycles. The molecule has 332 valence electrons. The van der Waals surface area contributed by atoms with Crippen LogP contribution < -0.4 is 43.4 Å². The molecule has 2 aromatic carbocycles. The smallest absolute Gasteiger partial charge is 0.328 e. The van der Waals surface area contributed by atoms with Gasteiger partial charge in [-0.2, -0.15) is 0 Å². The third-order valence-corrected chi connectivity index (χ3v) is 9.63. The van der Waals surface area contributed by atoms with Crippen LogP contribution >= 0.6 is 0 Å². The molecule has 0 saturated heterocycles. The van der Waals surface area contributed by atoms with Crippen LogP contribution in [0.1, 0.15) is 37.1 Å². The van der Waals surface area contributed by atoms with Gasteiger partial charge in [-0.1, -0.05) is 48.5 Å². The van der Waals surface area contributed by atoms with E-state index in [1.807, 2.05) is 5.32 Å². The van der Waals surface area contributed by atoms with Gasteiger partial charge in [-0.25, -0.2) is 9.78 Å². The number of amides is 7. The molecule has 8 atom stereocenters. The Labute approximate surface area is 354 Å². The van der Waals surface area contributed by atoms with Gasteiger partial charge in [-0.3, -0.25) is 33.6 Å². The molecule has 0 fully saturated rings. The van der Waals surface area contributed by atoms with Gasteiger partial charge in [0.05, 0.1) is 31.5 Å². The number of benzene rings is 2. The summed E-state index contributed by atoms with van der Waals surface area (Å²) < 4.78 is 0. The number of H-pyrrole nitrogens is 2. The van der Waals surface area contributed by atoms with Gasteiger partial charge >= 0.3 is 5.97 Å². The zero-order chi connectivity index (χ0) is 45.5. The predicted molar refractivity (Wildman–Crippen MR) is 220 cm³/mol. The minimum absolute atomic E-state index is 0.101. The number of nitrogens with one attached hydrogen (secondary N) is 8. The molecule has 0 aliphatic rings. The molecular weight excluding hydrogens is 811 g/mol. The second-order valence-corrected chi connectivity index (χ2v) is 14.5. The molecule has 0 spiro atoms. The van der Waals surface area contributed by atoms with E-state index < -0.39 is 109 Å². The highest BCUT2D eigenvalue weighted by molar-refractivity contribution is 5.98. The molecule has 0 aliphatic carbocycles. The van der Waals surface area contributed by atoms with Gasteiger partial charge in [0, 0.05) is 48.3 Å². The number of aromatic amines is 2. The highest BCUT2D eigenvalue weighted by atomic mass is 16.4. The summed E-state index contributed by atoms with van der Waals surface area (Å²) in [6.07, 6.45) is 1.93. The maximum atomic E-state index is 14.1. The van der Waals surface area contributed by atoms with Gasteiger partial charge in [0.2, 0.25) is 41.4 Å². The number of imidazole rings is 1. The van der Waals surface area contributed by atoms with E-state index in [1.165, 1.54) is 26.4 Å². The molecule has 4 aromatic rings. The molecule has 0 radical (unpaired) electrons. The quantitative estimate of drug-likeness (QED) is 0.0345. The van der Waals surface area contributed by atoms with Crippen LogP contribution in [-0.2, 0) is 57.6 Å². The van der Waals surface area contributed by atoms with Crippen LogP contribution in [0.25, 0.3) is 10.9 Å². The molecule has 4 rings (SSSR count). The standard InChI is InChI=1S/C40H51N11O11/c1-20(46-35(56)26(41)14-24-17-43-19-45-24)34(55)47-29(13-23-16-44-27-11-7-6-10-25(23)27)38(59)51-33(21(2)53)39(60)49-28(12-22-8-4-3-5-9-22)36(57)48-30(15-32(42)54)37(58)50-31(18-52)40(61)62/h3-11,16-17,19-21,26,28-31,33,44,52-53H,12-15,18,41H2,1-2H3,(H2,42,54)(H,43,45)(H,46,56)(H,47,55)(H,48,57)(H,49,60)(H,50,58)(H,51,59)(H,61,62)/t20-,21+,26-,28-,29-,30-,31-,33-/m0/s1. The van der Waals surface area contributed by atoms with Crippen molar-refractivity contribution in [3.05, 3.63) is 90.1 Å². The summed E-state index contributed by atoms with van der Waals surface area (Å²) in [7, 11) is 0. The maximum absolute atomic E-state index is 14.1. The largest absolute Gasteiger partial charge is 0.480 e. The Balaban J connectivity index is 1.56. The number of aliphatic hydroxyl groups is 2. The van der Waals surface area contributed by atoms with E-state index in [2.05, 4.69) is 41.5 Å². The molecule has 7 amide bonds. The molecule has 62 heavy (non-hydrogen) atoms. The number of carbonyl (C=O) groups excluding carboxylic acids is 7. The normalized spacial score (nSPS) is 15.0. The number of primary amides is 1. The van der Waals surface area contributed by atoms with E-state index in [9.17, 15) is 53.7 Å².